The Kier molecular flexibility index (Phi) is 5.50. The van der Waals surface area contributed by atoms with Crippen LogP contribution >= 0.6 is 11.6 Å². The lowest BCUT2D eigenvalue weighted by atomic mass is 9.97. The van der Waals surface area contributed by atoms with Crippen molar-refractivity contribution in [1.82, 2.24) is 9.29 Å². The predicted octanol–water partition coefficient (Wildman–Crippen LogP) is 6.15. The van der Waals surface area contributed by atoms with Crippen molar-refractivity contribution in [1.29, 1.82) is 0 Å². The van der Waals surface area contributed by atoms with Gasteiger partial charge in [-0.05, 0) is 48.4 Å². The minimum Gasteiger partial charge on any atom is -0.347 e. The second-order valence-corrected chi connectivity index (χ2v) is 12.0. The maximum absolute atomic E-state index is 12.5. The normalized spacial score (nSPS) is 16.2. The molecule has 0 spiro atoms. The van der Waals surface area contributed by atoms with Gasteiger partial charge in [0, 0.05) is 40.3 Å². The van der Waals surface area contributed by atoms with Gasteiger partial charge in [-0.2, -0.15) is 0 Å². The fourth-order valence-electron chi connectivity index (χ4n) is 3.95. The second kappa shape index (κ2) is 7.70. The number of hydrogen-bond acceptors (Lipinski definition) is 2. The number of nitrogens with zero attached hydrogens (tertiary/aromatic N) is 1. The molecule has 1 N–H and O–H groups in total. The third kappa shape index (κ3) is 4.43. The van der Waals surface area contributed by atoms with Crippen LogP contribution in [0.2, 0.25) is 5.02 Å². The van der Waals surface area contributed by atoms with E-state index in [0.717, 1.165) is 52.0 Å². The van der Waals surface area contributed by atoms with Crippen LogP contribution in [0.1, 0.15) is 52.1 Å². The zero-order chi connectivity index (χ0) is 21.7. The van der Waals surface area contributed by atoms with Crippen LogP contribution in [0.15, 0.2) is 48.7 Å². The number of benzene rings is 2. The van der Waals surface area contributed by atoms with Crippen molar-refractivity contribution in [2.24, 2.45) is 5.41 Å². The minimum atomic E-state index is -3.26. The van der Waals surface area contributed by atoms with Crippen molar-refractivity contribution in [3.05, 3.63) is 59.2 Å². The zero-order valence-electron chi connectivity index (χ0n) is 17.9. The van der Waals surface area contributed by atoms with Gasteiger partial charge in [0.15, 0.2) is 0 Å². The van der Waals surface area contributed by atoms with E-state index in [1.54, 1.807) is 0 Å². The van der Waals surface area contributed by atoms with Gasteiger partial charge < -0.3 is 4.57 Å². The van der Waals surface area contributed by atoms with Crippen LogP contribution in [0.4, 0.5) is 0 Å². The van der Waals surface area contributed by atoms with Crippen molar-refractivity contribution in [3.8, 4) is 11.1 Å². The first-order valence-corrected chi connectivity index (χ1v) is 12.4. The van der Waals surface area contributed by atoms with Gasteiger partial charge in [-0.3, -0.25) is 0 Å². The van der Waals surface area contributed by atoms with Crippen molar-refractivity contribution in [2.75, 3.05) is 0 Å². The Labute approximate surface area is 184 Å². The molecule has 1 aliphatic carbocycles. The lowest BCUT2D eigenvalue weighted by Gasteiger charge is -2.20. The van der Waals surface area contributed by atoms with Gasteiger partial charge in [-0.25, -0.2) is 13.1 Å². The molecule has 4 rings (SSSR count). The average Bonchev–Trinajstić information content (AvgIpc) is 3.45. The fraction of sp³-hybridized carbons (Fsp3) is 0.417. The van der Waals surface area contributed by atoms with E-state index in [-0.39, 0.29) is 16.7 Å². The summed E-state index contributed by atoms with van der Waals surface area (Å²) >= 11 is 6.44. The summed E-state index contributed by atoms with van der Waals surface area (Å²) in [5.74, 6) is 0. The van der Waals surface area contributed by atoms with E-state index >= 15 is 0 Å². The molecule has 0 unspecified atom stereocenters. The third-order valence-corrected chi connectivity index (χ3v) is 7.87. The second-order valence-electron chi connectivity index (χ2n) is 9.57. The van der Waals surface area contributed by atoms with Crippen LogP contribution in [0, 0.1) is 5.41 Å². The molecular formula is C24H29ClN2O2S. The highest BCUT2D eigenvalue weighted by atomic mass is 35.5. The summed E-state index contributed by atoms with van der Waals surface area (Å²) in [6, 6.07) is 13.9. The number of nitrogens with one attached hydrogen (secondary N) is 1. The molecule has 0 amide bonds. The van der Waals surface area contributed by atoms with Gasteiger partial charge in [0.2, 0.25) is 10.0 Å². The van der Waals surface area contributed by atoms with Crippen LogP contribution in [0.5, 0.6) is 0 Å². The molecule has 1 aromatic heterocycles. The van der Waals surface area contributed by atoms with E-state index in [9.17, 15) is 8.42 Å². The molecule has 0 saturated heterocycles. The Hall–Kier alpha value is -1.82. The molecule has 2 aromatic carbocycles. The van der Waals surface area contributed by atoms with E-state index in [2.05, 4.69) is 54.5 Å². The maximum Gasteiger partial charge on any atom is 0.215 e. The molecule has 1 saturated carbocycles. The zero-order valence-corrected chi connectivity index (χ0v) is 19.5. The molecule has 1 aliphatic rings. The smallest absolute Gasteiger partial charge is 0.215 e. The lowest BCUT2D eigenvalue weighted by molar-refractivity contribution is 0.349. The molecular weight excluding hydrogens is 416 g/mol. The molecule has 1 heterocycles. The summed E-state index contributed by atoms with van der Waals surface area (Å²) in [4.78, 5) is 0. The highest BCUT2D eigenvalue weighted by Gasteiger charge is 2.36. The number of rotatable bonds is 6. The van der Waals surface area contributed by atoms with E-state index in [0.29, 0.717) is 0 Å². The molecule has 0 bridgehead atoms. The average molecular weight is 445 g/mol. The van der Waals surface area contributed by atoms with E-state index in [1.807, 2.05) is 31.2 Å². The Morgan fingerprint density at radius 1 is 1.17 bits per heavy atom. The summed E-state index contributed by atoms with van der Waals surface area (Å²) in [7, 11) is -3.26. The largest absolute Gasteiger partial charge is 0.347 e. The number of fused-ring (bicyclic) bond motifs is 1. The Bertz CT molecular complexity index is 1190. The van der Waals surface area contributed by atoms with Gasteiger partial charge in [-0.15, -0.1) is 0 Å². The summed E-state index contributed by atoms with van der Waals surface area (Å²) in [6.45, 7) is 9.37. The van der Waals surface area contributed by atoms with Gasteiger partial charge in [0.1, 0.15) is 0 Å². The van der Waals surface area contributed by atoms with Crippen LogP contribution in [-0.4, -0.2) is 18.2 Å². The lowest BCUT2D eigenvalue weighted by Crippen LogP contribution is -2.29. The molecule has 0 aliphatic heterocycles. The van der Waals surface area contributed by atoms with Crippen LogP contribution in [-0.2, 0) is 16.6 Å². The van der Waals surface area contributed by atoms with E-state index in [1.165, 1.54) is 0 Å². The number of halogens is 1. The number of sulfonamides is 1. The fourth-order valence-corrected chi connectivity index (χ4v) is 5.77. The minimum absolute atomic E-state index is 0.0837. The first-order chi connectivity index (χ1) is 14.0. The molecule has 1 fully saturated rings. The van der Waals surface area contributed by atoms with Crippen molar-refractivity contribution in [2.45, 2.75) is 58.4 Å². The van der Waals surface area contributed by atoms with Crippen molar-refractivity contribution < 1.29 is 8.42 Å². The maximum atomic E-state index is 12.5. The highest BCUT2D eigenvalue weighted by molar-refractivity contribution is 7.90. The summed E-state index contributed by atoms with van der Waals surface area (Å²) in [5.41, 5.74) is 4.23. The first kappa shape index (κ1) is 21.4. The molecule has 1 atom stereocenters. The summed E-state index contributed by atoms with van der Waals surface area (Å²) in [6.07, 6.45) is 3.62. The van der Waals surface area contributed by atoms with Gasteiger partial charge in [0.05, 0.1) is 5.25 Å². The third-order valence-electron chi connectivity index (χ3n) is 5.51. The summed E-state index contributed by atoms with van der Waals surface area (Å²) in [5, 5.41) is 1.56. The van der Waals surface area contributed by atoms with Gasteiger partial charge in [0.25, 0.3) is 0 Å². The monoisotopic (exact) mass is 444 g/mol. The SMILES string of the molecule is C[C@@H](NS(=O)(=O)C1CC1)c1cn(CC(C)(C)C)c2cc(-c3ccccc3Cl)ccc12. The Morgan fingerprint density at radius 2 is 1.87 bits per heavy atom. The van der Waals surface area contributed by atoms with Crippen LogP contribution < -0.4 is 4.72 Å². The van der Waals surface area contributed by atoms with Gasteiger partial charge >= 0.3 is 0 Å². The van der Waals surface area contributed by atoms with E-state index < -0.39 is 10.0 Å². The van der Waals surface area contributed by atoms with Gasteiger partial charge in [-0.1, -0.05) is 62.7 Å². The molecule has 4 nitrogen and oxygen atoms in total. The molecule has 160 valence electrons. The topological polar surface area (TPSA) is 51.1 Å². The Balaban J connectivity index is 1.80. The number of aromatic nitrogens is 1. The molecule has 6 heteroatoms. The molecule has 3 aromatic rings. The van der Waals surface area contributed by atoms with E-state index in [4.69, 9.17) is 11.6 Å². The predicted molar refractivity (Wildman–Crippen MR) is 125 cm³/mol. The quantitative estimate of drug-likeness (QED) is 0.495. The Morgan fingerprint density at radius 3 is 2.50 bits per heavy atom. The van der Waals surface area contributed by atoms with Crippen LogP contribution in [0.3, 0.4) is 0 Å². The highest BCUT2D eigenvalue weighted by Crippen LogP contribution is 2.36. The first-order valence-electron chi connectivity index (χ1n) is 10.4. The molecule has 30 heavy (non-hydrogen) atoms. The van der Waals surface area contributed by atoms with Crippen molar-refractivity contribution >= 4 is 32.5 Å². The van der Waals surface area contributed by atoms with Crippen molar-refractivity contribution in [3.63, 3.8) is 0 Å². The number of hydrogen-bond donors (Lipinski definition) is 1. The molecule has 0 radical (unpaired) electrons. The van der Waals surface area contributed by atoms with Crippen LogP contribution in [0.25, 0.3) is 22.0 Å². The standard InChI is InChI=1S/C24H29ClN2O2S/c1-16(26-30(28,29)18-10-11-18)21-14-27(15-24(2,3)4)23-13-17(9-12-20(21)23)19-7-5-6-8-22(19)25/h5-9,12-14,16,18,26H,10-11,15H2,1-4H3/t16-/m1/s1. The summed E-state index contributed by atoms with van der Waals surface area (Å²) < 4.78 is 30.1.